The molecule has 3 heteroatoms. The molecule has 0 heterocycles. The summed E-state index contributed by atoms with van der Waals surface area (Å²) in [6, 6.07) is 7.27. The summed E-state index contributed by atoms with van der Waals surface area (Å²) in [6.45, 7) is 12.2. The highest BCUT2D eigenvalue weighted by Crippen LogP contribution is 2.30. The molecule has 2 unspecified atom stereocenters. The largest absolute Gasteiger partial charge is 0.371 e. The zero-order chi connectivity index (χ0) is 16.0. The van der Waals surface area contributed by atoms with Crippen LogP contribution in [0.25, 0.3) is 0 Å². The summed E-state index contributed by atoms with van der Waals surface area (Å²) < 4.78 is 0. The standard InChI is InChI=1S/C18H31ClN2/c1-7-10-20-15(5)16-8-9-18(17(19)12-16)21(6)14(4)11-13(2)3/h8-9,12-15,20H,7,10-11H2,1-6H3. The Balaban J connectivity index is 2.82. The summed E-state index contributed by atoms with van der Waals surface area (Å²) in [5, 5.41) is 4.34. The lowest BCUT2D eigenvalue weighted by molar-refractivity contribution is 0.504. The van der Waals surface area contributed by atoms with E-state index in [-0.39, 0.29) is 0 Å². The predicted molar refractivity (Wildman–Crippen MR) is 95.5 cm³/mol. The molecular weight excluding hydrogens is 280 g/mol. The number of benzene rings is 1. The minimum absolute atomic E-state index is 0.342. The van der Waals surface area contributed by atoms with Crippen LogP contribution in [0.1, 0.15) is 59.1 Å². The van der Waals surface area contributed by atoms with Crippen LogP contribution in [0.2, 0.25) is 5.02 Å². The highest BCUT2D eigenvalue weighted by Gasteiger charge is 2.15. The van der Waals surface area contributed by atoms with Gasteiger partial charge < -0.3 is 10.2 Å². The maximum Gasteiger partial charge on any atom is 0.0642 e. The summed E-state index contributed by atoms with van der Waals surface area (Å²) in [5.74, 6) is 0.693. The topological polar surface area (TPSA) is 15.3 Å². The second kappa shape index (κ2) is 8.65. The number of rotatable bonds is 8. The van der Waals surface area contributed by atoms with E-state index in [1.54, 1.807) is 0 Å². The van der Waals surface area contributed by atoms with Crippen LogP contribution in [-0.2, 0) is 0 Å². The van der Waals surface area contributed by atoms with Gasteiger partial charge in [0, 0.05) is 19.1 Å². The van der Waals surface area contributed by atoms with E-state index < -0.39 is 0 Å². The third kappa shape index (κ3) is 5.52. The molecule has 0 saturated carbocycles. The lowest BCUT2D eigenvalue weighted by Crippen LogP contribution is -2.30. The van der Waals surface area contributed by atoms with E-state index in [1.165, 1.54) is 12.0 Å². The molecule has 1 aromatic rings. The highest BCUT2D eigenvalue weighted by molar-refractivity contribution is 6.33. The van der Waals surface area contributed by atoms with Crippen molar-refractivity contribution in [3.8, 4) is 0 Å². The van der Waals surface area contributed by atoms with E-state index in [4.69, 9.17) is 11.6 Å². The Morgan fingerprint density at radius 2 is 1.86 bits per heavy atom. The molecule has 0 radical (unpaired) electrons. The fourth-order valence-corrected chi connectivity index (χ4v) is 2.96. The molecule has 120 valence electrons. The van der Waals surface area contributed by atoms with Crippen LogP contribution in [0.3, 0.4) is 0 Å². The summed E-state index contributed by atoms with van der Waals surface area (Å²) >= 11 is 6.51. The van der Waals surface area contributed by atoms with Crippen LogP contribution in [0, 0.1) is 5.92 Å². The fraction of sp³-hybridized carbons (Fsp3) is 0.667. The van der Waals surface area contributed by atoms with Gasteiger partial charge in [0.1, 0.15) is 0 Å². The van der Waals surface area contributed by atoms with Gasteiger partial charge in [-0.05, 0) is 56.8 Å². The number of hydrogen-bond donors (Lipinski definition) is 1. The molecule has 0 amide bonds. The highest BCUT2D eigenvalue weighted by atomic mass is 35.5. The van der Waals surface area contributed by atoms with Gasteiger partial charge in [-0.2, -0.15) is 0 Å². The van der Waals surface area contributed by atoms with E-state index in [0.717, 1.165) is 23.7 Å². The predicted octanol–water partition coefficient (Wildman–Crippen LogP) is 5.27. The molecule has 1 N–H and O–H groups in total. The molecule has 0 aliphatic carbocycles. The van der Waals surface area contributed by atoms with Crippen LogP contribution in [0.15, 0.2) is 18.2 Å². The third-order valence-electron chi connectivity index (χ3n) is 4.03. The van der Waals surface area contributed by atoms with Crippen LogP contribution >= 0.6 is 11.6 Å². The molecule has 0 aromatic heterocycles. The van der Waals surface area contributed by atoms with Gasteiger partial charge in [-0.3, -0.25) is 0 Å². The molecule has 21 heavy (non-hydrogen) atoms. The lowest BCUT2D eigenvalue weighted by Gasteiger charge is -2.29. The van der Waals surface area contributed by atoms with Gasteiger partial charge in [0.2, 0.25) is 0 Å². The van der Waals surface area contributed by atoms with Crippen molar-refractivity contribution in [1.29, 1.82) is 0 Å². The Morgan fingerprint density at radius 1 is 1.19 bits per heavy atom. The van der Waals surface area contributed by atoms with Crippen LogP contribution in [0.5, 0.6) is 0 Å². The Hall–Kier alpha value is -0.730. The zero-order valence-corrected chi connectivity index (χ0v) is 15.2. The third-order valence-corrected chi connectivity index (χ3v) is 4.33. The Labute approximate surface area is 135 Å². The summed E-state index contributed by atoms with van der Waals surface area (Å²) in [4.78, 5) is 2.29. The van der Waals surface area contributed by atoms with Crippen LogP contribution in [-0.4, -0.2) is 19.6 Å². The first kappa shape index (κ1) is 18.3. The number of nitrogens with zero attached hydrogens (tertiary/aromatic N) is 1. The normalized spacial score (nSPS) is 14.3. The first-order valence-corrected chi connectivity index (χ1v) is 8.50. The van der Waals surface area contributed by atoms with Crippen molar-refractivity contribution in [2.75, 3.05) is 18.5 Å². The van der Waals surface area contributed by atoms with Gasteiger partial charge in [-0.25, -0.2) is 0 Å². The second-order valence-corrected chi connectivity index (χ2v) is 6.88. The number of anilines is 1. The monoisotopic (exact) mass is 310 g/mol. The van der Waals surface area contributed by atoms with E-state index in [9.17, 15) is 0 Å². The van der Waals surface area contributed by atoms with E-state index in [0.29, 0.717) is 18.0 Å². The average molecular weight is 311 g/mol. The van der Waals surface area contributed by atoms with Crippen LogP contribution < -0.4 is 10.2 Å². The summed E-state index contributed by atoms with van der Waals surface area (Å²) in [7, 11) is 2.13. The zero-order valence-electron chi connectivity index (χ0n) is 14.4. The first-order valence-electron chi connectivity index (χ1n) is 8.12. The van der Waals surface area contributed by atoms with Gasteiger partial charge in [0.15, 0.2) is 0 Å². The lowest BCUT2D eigenvalue weighted by atomic mass is 10.0. The smallest absolute Gasteiger partial charge is 0.0642 e. The maximum absolute atomic E-state index is 6.51. The summed E-state index contributed by atoms with van der Waals surface area (Å²) in [5.41, 5.74) is 2.37. The molecule has 1 aromatic carbocycles. The average Bonchev–Trinajstić information content (AvgIpc) is 2.43. The minimum Gasteiger partial charge on any atom is -0.371 e. The number of nitrogens with one attached hydrogen (secondary N) is 1. The van der Waals surface area contributed by atoms with Gasteiger partial charge >= 0.3 is 0 Å². The molecule has 0 aliphatic heterocycles. The minimum atomic E-state index is 0.342. The van der Waals surface area contributed by atoms with Crippen LogP contribution in [0.4, 0.5) is 5.69 Å². The molecule has 0 spiro atoms. The van der Waals surface area contributed by atoms with Crippen molar-refractivity contribution in [3.63, 3.8) is 0 Å². The molecule has 0 bridgehead atoms. The molecule has 0 fully saturated rings. The van der Waals surface area contributed by atoms with E-state index in [2.05, 4.69) is 70.1 Å². The molecule has 2 nitrogen and oxygen atoms in total. The van der Waals surface area contributed by atoms with Gasteiger partial charge in [-0.15, -0.1) is 0 Å². The van der Waals surface area contributed by atoms with Crippen molar-refractivity contribution in [3.05, 3.63) is 28.8 Å². The molecule has 0 aliphatic rings. The quantitative estimate of drug-likeness (QED) is 0.703. The van der Waals surface area contributed by atoms with Gasteiger partial charge in [0.05, 0.1) is 10.7 Å². The fourth-order valence-electron chi connectivity index (χ4n) is 2.63. The Morgan fingerprint density at radius 3 is 2.38 bits per heavy atom. The molecule has 1 rings (SSSR count). The first-order chi connectivity index (χ1) is 9.86. The van der Waals surface area contributed by atoms with Crippen molar-refractivity contribution in [2.24, 2.45) is 5.92 Å². The van der Waals surface area contributed by atoms with Crippen molar-refractivity contribution >= 4 is 17.3 Å². The van der Waals surface area contributed by atoms with Crippen molar-refractivity contribution in [2.45, 2.75) is 59.5 Å². The number of hydrogen-bond acceptors (Lipinski definition) is 2. The second-order valence-electron chi connectivity index (χ2n) is 6.48. The van der Waals surface area contributed by atoms with E-state index >= 15 is 0 Å². The van der Waals surface area contributed by atoms with Crippen molar-refractivity contribution in [1.82, 2.24) is 5.32 Å². The van der Waals surface area contributed by atoms with Gasteiger partial charge in [0.25, 0.3) is 0 Å². The SMILES string of the molecule is CCCNC(C)c1ccc(N(C)C(C)CC(C)C)c(Cl)c1. The molecular formula is C18H31ClN2. The van der Waals surface area contributed by atoms with E-state index in [1.807, 2.05) is 0 Å². The molecule has 0 saturated heterocycles. The Bertz CT molecular complexity index is 431. The Kier molecular flexibility index (Phi) is 7.55. The maximum atomic E-state index is 6.51. The van der Waals surface area contributed by atoms with Crippen molar-refractivity contribution < 1.29 is 0 Å². The molecule has 2 atom stereocenters. The summed E-state index contributed by atoms with van der Waals surface area (Å²) in [6.07, 6.45) is 2.31. The van der Waals surface area contributed by atoms with Gasteiger partial charge in [-0.1, -0.05) is 38.4 Å². The number of halogens is 1.